The van der Waals surface area contributed by atoms with E-state index in [9.17, 15) is 0 Å². The van der Waals surface area contributed by atoms with Gasteiger partial charge in [0.15, 0.2) is 0 Å². The van der Waals surface area contributed by atoms with Crippen molar-refractivity contribution in [2.75, 3.05) is 0 Å². The van der Waals surface area contributed by atoms with Crippen LogP contribution in [0.15, 0.2) is 303 Å². The van der Waals surface area contributed by atoms with E-state index in [1.807, 2.05) is 22.7 Å². The molecule has 0 fully saturated rings. The summed E-state index contributed by atoms with van der Waals surface area (Å²) in [5, 5.41) is 33.3. The molecule has 0 unspecified atom stereocenters. The van der Waals surface area contributed by atoms with Gasteiger partial charge in [-0.05, 0) is 205 Å². The van der Waals surface area contributed by atoms with E-state index >= 15 is 0 Å². The normalized spacial score (nSPS) is 12.7. The van der Waals surface area contributed by atoms with E-state index in [0.29, 0.717) is 0 Å². The Kier molecular flexibility index (Phi) is 9.97. The van der Waals surface area contributed by atoms with Crippen molar-refractivity contribution in [2.45, 2.75) is 0 Å². The average Bonchev–Trinajstić information content (AvgIpc) is 1.45. The molecule has 20 aromatic carbocycles. The lowest BCUT2D eigenvalue weighted by atomic mass is 9.88. The van der Waals surface area contributed by atoms with Gasteiger partial charge in [0.1, 0.15) is 0 Å². The fourth-order valence-electron chi connectivity index (χ4n) is 18.3. The van der Waals surface area contributed by atoms with Crippen LogP contribution in [-0.2, 0) is 0 Å². The van der Waals surface area contributed by atoms with Crippen molar-refractivity contribution in [2.24, 2.45) is 0 Å². The highest BCUT2D eigenvalue weighted by Gasteiger charge is 2.27. The van der Waals surface area contributed by atoms with Gasteiger partial charge in [-0.3, -0.25) is 0 Å². The number of fused-ring (bicyclic) bond motifs is 16. The van der Waals surface area contributed by atoms with Gasteiger partial charge in [-0.15, -0.1) is 22.7 Å². The summed E-state index contributed by atoms with van der Waals surface area (Å²) >= 11 is 3.77. The van der Waals surface area contributed by atoms with Gasteiger partial charge in [-0.1, -0.05) is 206 Å². The lowest BCUT2D eigenvalue weighted by Gasteiger charge is -2.22. The molecule has 4 aromatic heterocycles. The Hall–Kier alpha value is -12.3. The Morgan fingerprint density at radius 3 is 0.959 bits per heavy atom. The first kappa shape index (κ1) is 52.0. The van der Waals surface area contributed by atoms with Crippen molar-refractivity contribution < 1.29 is 0 Å². The third-order valence-corrected chi connectivity index (χ3v) is 24.4. The topological polar surface area (TPSA) is 19.7 Å². The van der Waals surface area contributed by atoms with Gasteiger partial charge >= 0.3 is 0 Å². The molecule has 0 saturated heterocycles. The molecule has 0 aliphatic heterocycles. The molecule has 4 nitrogen and oxygen atoms in total. The number of aromatic nitrogens is 4. The Labute approximate surface area is 566 Å². The standard InChI is InChI=1S/C92H50N4S2/c1-3-21-55(22-4-1)93-75-49-77-83(47-69(75)91-65-31-15-29-59-57-25-11-17-51-19-13-27-61(85(51)57)67(89(59)65)45-79(91)93)97-81-35-9-7-33-73(81)95(77)71-43-39-53-38-42-64-72(44-40-54-37-41-63(71)87(53)88(54)64)96-74-34-8-10-36-82(74)98-84-48-70-76(50-78(84)96)94(56-23-5-2-6-24-56)80-46-68-62-28-14-20-52-18-12-26-58(86(52)62)60-30-16-32-66(90(60)68)92(70)80/h1-50H. The van der Waals surface area contributed by atoms with Gasteiger partial charge in [0.05, 0.1) is 74.3 Å². The molecule has 0 spiro atoms. The second kappa shape index (κ2) is 18.8. The average molecular weight is 1280 g/mol. The van der Waals surface area contributed by atoms with E-state index < -0.39 is 0 Å². The number of nitrogens with zero attached hydrogens (tertiary/aromatic N) is 4. The van der Waals surface area contributed by atoms with Crippen molar-refractivity contribution in [1.29, 1.82) is 0 Å². The second-order valence-corrected chi connectivity index (χ2v) is 29.1. The van der Waals surface area contributed by atoms with Crippen LogP contribution in [0.2, 0.25) is 0 Å². The second-order valence-electron chi connectivity index (χ2n) is 26.9. The lowest BCUT2D eigenvalue weighted by molar-refractivity contribution is 1.17. The highest BCUT2D eigenvalue weighted by atomic mass is 32.1. The van der Waals surface area contributed by atoms with Crippen LogP contribution in [0.1, 0.15) is 0 Å². The van der Waals surface area contributed by atoms with E-state index in [1.54, 1.807) is 0 Å². The minimum atomic E-state index is 1.14. The van der Waals surface area contributed by atoms with Crippen LogP contribution in [-0.4, -0.2) is 18.3 Å². The van der Waals surface area contributed by atoms with Crippen LogP contribution >= 0.6 is 22.7 Å². The highest BCUT2D eigenvalue weighted by molar-refractivity contribution is 7.25. The van der Waals surface area contributed by atoms with Crippen molar-refractivity contribution in [3.05, 3.63) is 303 Å². The molecular weight excluding hydrogens is 1230 g/mol. The maximum atomic E-state index is 2.58. The fourth-order valence-corrected chi connectivity index (χ4v) is 20.5. The quantitative estimate of drug-likeness (QED) is 0.124. The largest absolute Gasteiger partial charge is 0.309 e. The van der Waals surface area contributed by atoms with Gasteiger partial charge in [-0.2, -0.15) is 0 Å². The third kappa shape index (κ3) is 6.63. The molecule has 24 aromatic rings. The van der Waals surface area contributed by atoms with Crippen LogP contribution in [0, 0.1) is 0 Å². The molecule has 0 aliphatic carbocycles. The zero-order valence-electron chi connectivity index (χ0n) is 52.5. The number of hydrogen-bond donors (Lipinski definition) is 0. The van der Waals surface area contributed by atoms with Gasteiger partial charge in [0.2, 0.25) is 0 Å². The number of rotatable bonds is 4. The number of hydrogen-bond acceptors (Lipinski definition) is 2. The molecule has 4 heterocycles. The molecule has 0 saturated carbocycles. The summed E-state index contributed by atoms with van der Waals surface area (Å²) in [4.78, 5) is 0. The summed E-state index contributed by atoms with van der Waals surface area (Å²) < 4.78 is 15.2. The molecular formula is C92H50N4S2. The minimum absolute atomic E-state index is 1.14. The molecule has 0 radical (unpaired) electrons. The van der Waals surface area contributed by atoms with Crippen LogP contribution in [0.3, 0.4) is 0 Å². The number of para-hydroxylation sites is 4. The Bertz CT molecular complexity index is 7260. The monoisotopic (exact) mass is 1270 g/mol. The van der Waals surface area contributed by atoms with E-state index in [1.165, 1.54) is 203 Å². The van der Waals surface area contributed by atoms with Gasteiger partial charge in [0, 0.05) is 43.7 Å². The summed E-state index contributed by atoms with van der Waals surface area (Å²) in [7, 11) is 0. The van der Waals surface area contributed by atoms with E-state index in [4.69, 9.17) is 0 Å². The van der Waals surface area contributed by atoms with Gasteiger partial charge < -0.3 is 18.3 Å². The zero-order valence-corrected chi connectivity index (χ0v) is 54.1. The summed E-state index contributed by atoms with van der Waals surface area (Å²) in [6, 6.07) is 115. The molecule has 0 atom stereocenters. The predicted octanol–water partition coefficient (Wildman–Crippen LogP) is 26.3. The van der Waals surface area contributed by atoms with E-state index in [2.05, 4.69) is 322 Å². The van der Waals surface area contributed by atoms with Crippen LogP contribution in [0.5, 0.6) is 0 Å². The maximum Gasteiger partial charge on any atom is 0.0656 e. The van der Waals surface area contributed by atoms with Gasteiger partial charge in [-0.25, -0.2) is 0 Å². The van der Waals surface area contributed by atoms with E-state index in [-0.39, 0.29) is 0 Å². The fraction of sp³-hybridized carbons (Fsp3) is 0. The summed E-state index contributed by atoms with van der Waals surface area (Å²) in [5.41, 5.74) is 14.0. The van der Waals surface area contributed by atoms with Crippen LogP contribution in [0.25, 0.3) is 226 Å². The number of benzene rings is 20. The van der Waals surface area contributed by atoms with Crippen LogP contribution < -0.4 is 0 Å². The maximum absolute atomic E-state index is 2.58. The van der Waals surface area contributed by atoms with Crippen molar-refractivity contribution >= 4 is 226 Å². The smallest absolute Gasteiger partial charge is 0.0656 e. The van der Waals surface area contributed by atoms with Crippen molar-refractivity contribution in [3.8, 4) is 22.7 Å². The Balaban J connectivity index is 0.779. The predicted molar refractivity (Wildman–Crippen MR) is 423 cm³/mol. The zero-order chi connectivity index (χ0) is 63.3. The molecule has 0 aliphatic rings. The minimum Gasteiger partial charge on any atom is -0.309 e. The molecule has 0 amide bonds. The summed E-state index contributed by atoms with van der Waals surface area (Å²) in [6.45, 7) is 0. The third-order valence-electron chi connectivity index (χ3n) is 22.2. The Morgan fingerprint density at radius 1 is 0.163 bits per heavy atom. The van der Waals surface area contributed by atoms with Crippen molar-refractivity contribution in [1.82, 2.24) is 18.3 Å². The molecule has 98 heavy (non-hydrogen) atoms. The van der Waals surface area contributed by atoms with E-state index in [0.717, 1.165) is 22.7 Å². The molecule has 24 rings (SSSR count). The molecule has 0 bridgehead atoms. The van der Waals surface area contributed by atoms with Crippen LogP contribution in [0.4, 0.5) is 0 Å². The molecule has 0 N–H and O–H groups in total. The SMILES string of the molecule is c1ccc(-n2c3cc4c(cc3c3c5cccc6c7cccc8cccc(c(cc32)c65)c87)sc2ccccc2n4-c2ccc3ccc4c(-n5c6ccccc6sc6cc7c8c9cccc%10c%11cccc%12cccc(c(cc8n(-c8ccccc8)c7cc65)c%109)c%12%11)ccc5ccc2c3c54)cc1. The first-order valence-corrected chi connectivity index (χ1v) is 35.4. The highest BCUT2D eigenvalue weighted by Crippen LogP contribution is 2.52. The Morgan fingerprint density at radius 2 is 0.520 bits per heavy atom. The molecule has 6 heteroatoms. The molecule has 450 valence electrons. The van der Waals surface area contributed by atoms with Gasteiger partial charge in [0.25, 0.3) is 0 Å². The lowest BCUT2D eigenvalue weighted by Crippen LogP contribution is -2.03. The summed E-state index contributed by atoms with van der Waals surface area (Å²) in [5.74, 6) is 0. The first-order valence-electron chi connectivity index (χ1n) is 33.8. The van der Waals surface area contributed by atoms with Crippen molar-refractivity contribution in [3.63, 3.8) is 0 Å². The first-order chi connectivity index (χ1) is 48.6. The summed E-state index contributed by atoms with van der Waals surface area (Å²) in [6.07, 6.45) is 0.